The molecule has 0 saturated carbocycles. The predicted molar refractivity (Wildman–Crippen MR) is 68.0 cm³/mol. The van der Waals surface area contributed by atoms with Crippen LogP contribution in [0.3, 0.4) is 0 Å². The predicted octanol–water partition coefficient (Wildman–Crippen LogP) is 1.64. The third kappa shape index (κ3) is 4.77. The van der Waals surface area contributed by atoms with Crippen molar-refractivity contribution in [2.24, 2.45) is 0 Å². The van der Waals surface area contributed by atoms with E-state index in [2.05, 4.69) is 5.32 Å². The van der Waals surface area contributed by atoms with Crippen LogP contribution in [0, 0.1) is 0 Å². The van der Waals surface area contributed by atoms with Crippen molar-refractivity contribution >= 4 is 10.8 Å². The van der Waals surface area contributed by atoms with Gasteiger partial charge in [-0.25, -0.2) is 0 Å². The molecule has 1 aromatic carbocycles. The molecule has 16 heavy (non-hydrogen) atoms. The van der Waals surface area contributed by atoms with Gasteiger partial charge in [0.25, 0.3) is 0 Å². The first-order valence-corrected chi connectivity index (χ1v) is 7.02. The largest absolute Gasteiger partial charge is 0.508 e. The van der Waals surface area contributed by atoms with Crippen LogP contribution in [0.5, 0.6) is 5.75 Å². The summed E-state index contributed by atoms with van der Waals surface area (Å²) in [6.45, 7) is 3.57. The maximum atomic E-state index is 11.1. The Labute approximate surface area is 99.3 Å². The first kappa shape index (κ1) is 13.2. The summed E-state index contributed by atoms with van der Waals surface area (Å²) >= 11 is 0. The number of rotatable bonds is 6. The average Bonchev–Trinajstić information content (AvgIpc) is 2.24. The van der Waals surface area contributed by atoms with Crippen LogP contribution in [0.4, 0.5) is 0 Å². The van der Waals surface area contributed by atoms with Crippen molar-refractivity contribution in [3.63, 3.8) is 0 Å². The summed E-state index contributed by atoms with van der Waals surface area (Å²) in [5.41, 5.74) is 1.06. The Hall–Kier alpha value is -0.870. The summed E-state index contributed by atoms with van der Waals surface area (Å²) in [4.78, 5) is 0. The lowest BCUT2D eigenvalue weighted by atomic mass is 10.2. The van der Waals surface area contributed by atoms with Crippen LogP contribution in [0.15, 0.2) is 24.3 Å². The van der Waals surface area contributed by atoms with Crippen LogP contribution < -0.4 is 5.32 Å². The van der Waals surface area contributed by atoms with E-state index in [1.807, 2.05) is 19.1 Å². The van der Waals surface area contributed by atoms with Gasteiger partial charge in [-0.15, -0.1) is 0 Å². The molecule has 0 aliphatic carbocycles. The third-order valence-corrected chi connectivity index (χ3v) is 3.90. The number of phenolic OH excluding ortho intramolecular Hbond substituents is 1. The van der Waals surface area contributed by atoms with Gasteiger partial charge in [-0.2, -0.15) is 0 Å². The Morgan fingerprint density at radius 1 is 1.50 bits per heavy atom. The lowest BCUT2D eigenvalue weighted by molar-refractivity contribution is 0.474. The lowest BCUT2D eigenvalue weighted by Crippen LogP contribution is -2.20. The smallest absolute Gasteiger partial charge is 0.115 e. The van der Waals surface area contributed by atoms with Gasteiger partial charge in [-0.1, -0.05) is 19.1 Å². The highest BCUT2D eigenvalue weighted by Gasteiger charge is 2.04. The Balaban J connectivity index is 2.23. The van der Waals surface area contributed by atoms with E-state index in [9.17, 15) is 9.32 Å². The highest BCUT2D eigenvalue weighted by Crippen LogP contribution is 2.10. The molecular weight excluding hydrogens is 222 g/mol. The zero-order chi connectivity index (χ0) is 12.0. The summed E-state index contributed by atoms with van der Waals surface area (Å²) in [5.74, 6) is 0.294. The van der Waals surface area contributed by atoms with Crippen LogP contribution in [0.2, 0.25) is 0 Å². The lowest BCUT2D eigenvalue weighted by Gasteiger charge is -2.09. The SMILES string of the molecule is CC(CCNCc1cccc(O)c1)S(C)=O. The summed E-state index contributed by atoms with van der Waals surface area (Å²) in [5, 5.41) is 12.8. The van der Waals surface area contributed by atoms with Crippen LogP contribution in [0.25, 0.3) is 0 Å². The van der Waals surface area contributed by atoms with Crippen LogP contribution in [0.1, 0.15) is 18.9 Å². The molecule has 1 rings (SSSR count). The van der Waals surface area contributed by atoms with Gasteiger partial charge in [-0.05, 0) is 30.7 Å². The van der Waals surface area contributed by atoms with Gasteiger partial charge in [0.15, 0.2) is 0 Å². The van der Waals surface area contributed by atoms with E-state index < -0.39 is 10.8 Å². The second kappa shape index (κ2) is 6.66. The summed E-state index contributed by atoms with van der Waals surface area (Å²) in [7, 11) is -0.742. The van der Waals surface area contributed by atoms with Crippen LogP contribution in [-0.4, -0.2) is 27.4 Å². The van der Waals surface area contributed by atoms with E-state index in [0.29, 0.717) is 5.75 Å². The number of hydrogen-bond donors (Lipinski definition) is 2. The fourth-order valence-corrected chi connectivity index (χ4v) is 1.82. The van der Waals surface area contributed by atoms with Gasteiger partial charge in [0.2, 0.25) is 0 Å². The molecule has 3 nitrogen and oxygen atoms in total. The molecule has 0 aliphatic rings. The van der Waals surface area contributed by atoms with Crippen LogP contribution in [-0.2, 0) is 17.3 Å². The van der Waals surface area contributed by atoms with Gasteiger partial charge in [0.1, 0.15) is 5.75 Å². The average molecular weight is 241 g/mol. The molecule has 4 heteroatoms. The van der Waals surface area contributed by atoms with Crippen molar-refractivity contribution in [1.29, 1.82) is 0 Å². The Kier molecular flexibility index (Phi) is 5.49. The minimum atomic E-state index is -0.742. The standard InChI is InChI=1S/C12H19NO2S/c1-10(16(2)15)6-7-13-9-11-4-3-5-12(14)8-11/h3-5,8,10,13-14H,6-7,9H2,1-2H3. The highest BCUT2D eigenvalue weighted by atomic mass is 32.2. The van der Waals surface area contributed by atoms with E-state index in [-0.39, 0.29) is 5.25 Å². The second-order valence-electron chi connectivity index (χ2n) is 3.94. The quantitative estimate of drug-likeness (QED) is 0.744. The number of benzene rings is 1. The van der Waals surface area contributed by atoms with Gasteiger partial charge < -0.3 is 10.4 Å². The molecule has 0 aromatic heterocycles. The maximum absolute atomic E-state index is 11.1. The fraction of sp³-hybridized carbons (Fsp3) is 0.500. The molecule has 1 aromatic rings. The number of aromatic hydroxyl groups is 1. The number of nitrogens with one attached hydrogen (secondary N) is 1. The van der Waals surface area contributed by atoms with E-state index in [1.54, 1.807) is 18.4 Å². The van der Waals surface area contributed by atoms with E-state index in [0.717, 1.165) is 25.1 Å². The van der Waals surface area contributed by atoms with Crippen molar-refractivity contribution < 1.29 is 9.32 Å². The third-order valence-electron chi connectivity index (χ3n) is 2.53. The van der Waals surface area contributed by atoms with E-state index in [4.69, 9.17) is 0 Å². The zero-order valence-electron chi connectivity index (χ0n) is 9.77. The summed E-state index contributed by atoms with van der Waals surface area (Å²) in [6, 6.07) is 7.20. The van der Waals surface area contributed by atoms with Crippen molar-refractivity contribution in [2.75, 3.05) is 12.8 Å². The molecule has 0 spiro atoms. The molecule has 2 atom stereocenters. The molecule has 2 N–H and O–H groups in total. The molecular formula is C12H19NO2S. The van der Waals surface area contributed by atoms with Crippen molar-refractivity contribution in [1.82, 2.24) is 5.32 Å². The monoisotopic (exact) mass is 241 g/mol. The van der Waals surface area contributed by atoms with Gasteiger partial charge >= 0.3 is 0 Å². The Bertz CT molecular complexity index is 355. The Morgan fingerprint density at radius 3 is 2.88 bits per heavy atom. The molecule has 0 bridgehead atoms. The minimum absolute atomic E-state index is 0.233. The van der Waals surface area contributed by atoms with Gasteiger partial charge in [-0.3, -0.25) is 4.21 Å². The molecule has 0 amide bonds. The molecule has 0 aliphatic heterocycles. The topological polar surface area (TPSA) is 49.3 Å². The van der Waals surface area contributed by atoms with Gasteiger partial charge in [0.05, 0.1) is 0 Å². The van der Waals surface area contributed by atoms with Crippen molar-refractivity contribution in [2.45, 2.75) is 25.1 Å². The van der Waals surface area contributed by atoms with Crippen molar-refractivity contribution in [3.8, 4) is 5.75 Å². The van der Waals surface area contributed by atoms with Crippen LogP contribution >= 0.6 is 0 Å². The first-order chi connectivity index (χ1) is 7.59. The second-order valence-corrected chi connectivity index (χ2v) is 5.75. The zero-order valence-corrected chi connectivity index (χ0v) is 10.6. The molecule has 0 heterocycles. The Morgan fingerprint density at radius 2 is 2.25 bits per heavy atom. The fourth-order valence-electron chi connectivity index (χ4n) is 1.37. The highest BCUT2D eigenvalue weighted by molar-refractivity contribution is 7.84. The molecule has 2 unspecified atom stereocenters. The molecule has 90 valence electrons. The summed E-state index contributed by atoms with van der Waals surface area (Å²) in [6.07, 6.45) is 2.64. The molecule has 0 radical (unpaired) electrons. The maximum Gasteiger partial charge on any atom is 0.115 e. The first-order valence-electron chi connectivity index (χ1n) is 5.40. The summed E-state index contributed by atoms with van der Waals surface area (Å²) < 4.78 is 11.1. The number of phenols is 1. The van der Waals surface area contributed by atoms with Gasteiger partial charge in [0, 0.05) is 28.9 Å². The van der Waals surface area contributed by atoms with E-state index >= 15 is 0 Å². The number of hydrogen-bond acceptors (Lipinski definition) is 3. The van der Waals surface area contributed by atoms with Crippen molar-refractivity contribution in [3.05, 3.63) is 29.8 Å². The van der Waals surface area contributed by atoms with E-state index in [1.165, 1.54) is 0 Å². The minimum Gasteiger partial charge on any atom is -0.508 e. The normalized spacial score (nSPS) is 14.6. The molecule has 0 fully saturated rings. The molecule has 0 saturated heterocycles.